The summed E-state index contributed by atoms with van der Waals surface area (Å²) in [6.07, 6.45) is 31.3. The summed E-state index contributed by atoms with van der Waals surface area (Å²) in [5, 5.41) is 66.9. The van der Waals surface area contributed by atoms with Gasteiger partial charge in [-0.05, 0) is 344 Å². The topological polar surface area (TPSA) is 174 Å². The number of methoxy groups -OCH3 is 1. The average molecular weight is 1700 g/mol. The van der Waals surface area contributed by atoms with Crippen LogP contribution >= 0.6 is 11.3 Å². The molecule has 12 atom stereocenters. The van der Waals surface area contributed by atoms with Crippen LogP contribution in [0.4, 0.5) is 30.7 Å². The first-order valence-corrected chi connectivity index (χ1v) is 43.8. The third-order valence-corrected chi connectivity index (χ3v) is 29.6. The van der Waals surface area contributed by atoms with Gasteiger partial charge in [-0.15, -0.1) is 11.3 Å². The molecule has 14 nitrogen and oxygen atoms in total. The van der Waals surface area contributed by atoms with E-state index in [1.54, 1.807) is 95.1 Å². The van der Waals surface area contributed by atoms with Gasteiger partial charge in [-0.3, -0.25) is 4.98 Å². The van der Waals surface area contributed by atoms with Crippen LogP contribution in [0.3, 0.4) is 0 Å². The molecule has 0 unspecified atom stereocenters. The summed E-state index contributed by atoms with van der Waals surface area (Å²) in [5.74, 6) is -2.83. The van der Waals surface area contributed by atoms with Gasteiger partial charge in [0.05, 0.1) is 102 Å². The molecule has 0 aliphatic heterocycles. The molecule has 4 N–H and O–H groups in total. The number of fused-ring (bicyclic) bond motifs is 9. The summed E-state index contributed by atoms with van der Waals surface area (Å²) < 4.78 is 110. The first-order valence-electron chi connectivity index (χ1n) is 42.9. The summed E-state index contributed by atoms with van der Waals surface area (Å²) in [7, 11) is 1.43. The van der Waals surface area contributed by atoms with Crippen molar-refractivity contribution in [3.63, 3.8) is 0 Å². The van der Waals surface area contributed by atoms with E-state index in [1.807, 2.05) is 51.0 Å². The number of hydrogen-bond donors (Lipinski definition) is 4. The molecule has 4 saturated carbocycles. The molecule has 21 rings (SSSR count). The second-order valence-corrected chi connectivity index (χ2v) is 36.5. The molecule has 0 saturated heterocycles. The first kappa shape index (κ1) is 83.5. The summed E-state index contributed by atoms with van der Waals surface area (Å²) in [4.78, 5) is 4.08. The fraction of sp³-hybridized carbons (Fsp3) is 0.324. The summed E-state index contributed by atoms with van der Waals surface area (Å²) in [5.41, 5.74) is 18.6. The minimum Gasteiger partial charge on any atom is -0.494 e. The van der Waals surface area contributed by atoms with Gasteiger partial charge in [0.1, 0.15) is 34.9 Å². The Morgan fingerprint density at radius 2 is 0.734 bits per heavy atom. The molecule has 0 spiro atoms. The molecule has 8 aliphatic carbocycles. The lowest BCUT2D eigenvalue weighted by atomic mass is 9.57. The fourth-order valence-corrected chi connectivity index (χ4v) is 22.8. The molecule has 13 aromatic rings. The molecule has 0 radical (unpaired) electrons. The molecule has 0 amide bonds. The highest BCUT2D eigenvalue weighted by Gasteiger charge is 2.52. The Morgan fingerprint density at radius 3 is 1.10 bits per heavy atom. The molecular formula is C102H98F7N9O5S. The van der Waals surface area contributed by atoms with E-state index >= 15 is 0 Å². The molecule has 22 heteroatoms. The number of ether oxygens (including phenoxy) is 1. The third kappa shape index (κ3) is 15.4. The number of benzene rings is 7. The summed E-state index contributed by atoms with van der Waals surface area (Å²) in [6.45, 7) is 8.89. The second-order valence-electron chi connectivity index (χ2n) is 35.6. The van der Waals surface area contributed by atoms with Gasteiger partial charge in [-0.25, -0.2) is 49.5 Å². The highest BCUT2D eigenvalue weighted by Crippen LogP contribution is 2.60. The van der Waals surface area contributed by atoms with Crippen LogP contribution in [0.1, 0.15) is 196 Å². The molecule has 6 aromatic heterocycles. The third-order valence-electron chi connectivity index (χ3n) is 28.6. The highest BCUT2D eigenvalue weighted by atomic mass is 32.1. The van der Waals surface area contributed by atoms with Crippen molar-refractivity contribution < 1.29 is 55.9 Å². The van der Waals surface area contributed by atoms with Gasteiger partial charge < -0.3 is 25.2 Å². The Hall–Kier alpha value is -11.4. The van der Waals surface area contributed by atoms with Crippen molar-refractivity contribution >= 4 is 45.7 Å². The zero-order valence-electron chi connectivity index (χ0n) is 69.7. The standard InChI is InChI=1S/C27H25FN2OS.C26H26F2N2O2.C25H23F3N2O.C24H24FN3O/c1-27-14-17-15-29-30(20-11-9-19(28)10-12-20)24(17)13-18(27)5-4-7-23(27)26(31)22-16-32-25-8-3-2-6-21(22)25;1-26-14-16-15-29-30(19-11-9-18(27)10-12-19)22(16)13-17(26)5-3-7-21(26)25(31)20-6-4-8-23(32-2)24(20)28;1-25-13-15-14-29-30(19-8-5-17(26)6-9-19)23(15)11-16(25)3-2-4-21(25)24(31)20-10-7-18(27)12-22(20)28;1-24-14-17-15-27-28(20-7-5-19(25)6-8-20)22(17)13-18(24)3-2-4-21(24)23(29)16-9-11-26-12-10-16/h2-3,6,8-13,15-16,23,26,31H,4-5,7,14H2,1H3;4,6,8-13,15,21,25,31H,3,5,7,14H2,1-2H3;5-12,14,21,24,31H,2-4,13H2,1H3;5-13,15,21,23,29H,2-4,14H2,1H3/t23-,26+,27+;21-,25+,26+;21-,24+,25+;21-,23+,24+/m1111/s1. The SMILES string of the molecule is COc1cccc([C@H](O)[C@H]2CCCC3=Cc4c(cnn4-c4ccc(F)cc4)C[C@@]32C)c1F.C[C@]12Cc3cnn(-c4ccc(F)cc4)c3C=C1CCC[C@@H]2[C@@H](O)c1ccc(F)cc1F.C[C@]12Cc3cnn(-c4ccc(F)cc4)c3C=C1CCC[C@@H]2[C@@H](O)c1ccncc1.C[C@]12Cc3cnn(-c4ccc(F)cc4)c3C=C1CCC[C@@H]2[C@@H](O)c1csc2ccccc12. The number of pyridine rings is 1. The quantitative estimate of drug-likeness (QED) is 0.0814. The van der Waals surface area contributed by atoms with Gasteiger partial charge in [0, 0.05) is 34.3 Å². The molecular weight excluding hydrogens is 1600 g/mol. The molecule has 8 aliphatic rings. The zero-order valence-corrected chi connectivity index (χ0v) is 70.5. The number of rotatable bonds is 13. The number of halogens is 7. The number of nitrogens with zero attached hydrogens (tertiary/aromatic N) is 9. The largest absolute Gasteiger partial charge is 0.494 e. The maximum atomic E-state index is 14.9. The summed E-state index contributed by atoms with van der Waals surface area (Å²) in [6, 6.07) is 45.9. The Bertz CT molecular complexity index is 6250. The van der Waals surface area contributed by atoms with Crippen LogP contribution < -0.4 is 4.74 Å². The zero-order chi connectivity index (χ0) is 86.1. The van der Waals surface area contributed by atoms with Gasteiger partial charge >= 0.3 is 0 Å². The van der Waals surface area contributed by atoms with E-state index in [0.717, 1.165) is 164 Å². The van der Waals surface area contributed by atoms with Crippen molar-refractivity contribution in [1.82, 2.24) is 44.1 Å². The number of hydrogen-bond acceptors (Lipinski definition) is 11. The van der Waals surface area contributed by atoms with Crippen molar-refractivity contribution in [3.05, 3.63) is 343 Å². The number of aromatic nitrogens is 9. The van der Waals surface area contributed by atoms with Crippen LogP contribution in [0.5, 0.6) is 5.75 Å². The Morgan fingerprint density at radius 1 is 0.387 bits per heavy atom. The maximum Gasteiger partial charge on any atom is 0.170 e. The van der Waals surface area contributed by atoms with Crippen molar-refractivity contribution in [3.8, 4) is 28.5 Å². The predicted molar refractivity (Wildman–Crippen MR) is 468 cm³/mol. The van der Waals surface area contributed by atoms with E-state index in [0.29, 0.717) is 12.8 Å². The Kier molecular flexibility index (Phi) is 22.8. The van der Waals surface area contributed by atoms with Crippen LogP contribution in [0.15, 0.2) is 235 Å². The number of allylic oxidation sites excluding steroid dienone is 4. The lowest BCUT2D eigenvalue weighted by molar-refractivity contribution is 0.0191. The van der Waals surface area contributed by atoms with Gasteiger partial charge in [-0.1, -0.05) is 86.4 Å². The van der Waals surface area contributed by atoms with Crippen molar-refractivity contribution in [2.24, 2.45) is 45.3 Å². The smallest absolute Gasteiger partial charge is 0.170 e. The Balaban J connectivity index is 0.000000113. The van der Waals surface area contributed by atoms with E-state index in [-0.39, 0.29) is 85.5 Å². The predicted octanol–water partition coefficient (Wildman–Crippen LogP) is 23.0. The minimum absolute atomic E-state index is 0.107. The minimum atomic E-state index is -1.03. The van der Waals surface area contributed by atoms with Crippen molar-refractivity contribution in [2.75, 3.05) is 7.11 Å². The van der Waals surface area contributed by atoms with Crippen molar-refractivity contribution in [1.29, 1.82) is 0 Å². The molecule has 636 valence electrons. The van der Waals surface area contributed by atoms with Crippen LogP contribution in [0.2, 0.25) is 0 Å². The van der Waals surface area contributed by atoms with E-state index in [9.17, 15) is 51.2 Å². The highest BCUT2D eigenvalue weighted by molar-refractivity contribution is 7.17. The first-order chi connectivity index (χ1) is 59.9. The van der Waals surface area contributed by atoms with E-state index < -0.39 is 41.9 Å². The number of aliphatic hydroxyl groups is 4. The van der Waals surface area contributed by atoms with E-state index in [1.165, 1.54) is 111 Å². The maximum absolute atomic E-state index is 14.9. The van der Waals surface area contributed by atoms with Crippen molar-refractivity contribution in [2.45, 2.75) is 155 Å². The molecule has 7 aromatic carbocycles. The molecule has 6 heterocycles. The molecule has 124 heavy (non-hydrogen) atoms. The number of thiophene rings is 1. The van der Waals surface area contributed by atoms with Gasteiger partial charge in [0.25, 0.3) is 0 Å². The Labute approximate surface area is 720 Å². The van der Waals surface area contributed by atoms with Crippen LogP contribution in [0, 0.1) is 86.1 Å². The molecule has 0 bridgehead atoms. The van der Waals surface area contributed by atoms with Crippen LogP contribution in [-0.2, 0) is 25.7 Å². The van der Waals surface area contributed by atoms with E-state index in [4.69, 9.17) is 4.74 Å². The monoisotopic (exact) mass is 1690 g/mol. The fourth-order valence-electron chi connectivity index (χ4n) is 21.8. The van der Waals surface area contributed by atoms with Crippen LogP contribution in [-0.4, -0.2) is 71.6 Å². The lowest BCUT2D eigenvalue weighted by Gasteiger charge is -2.47. The van der Waals surface area contributed by atoms with Gasteiger partial charge in [0.15, 0.2) is 11.6 Å². The molecule has 4 fully saturated rings. The average Bonchev–Trinajstić information content (AvgIpc) is 1.44. The van der Waals surface area contributed by atoms with Crippen LogP contribution in [0.25, 0.3) is 57.1 Å². The normalized spacial score (nSPS) is 23.6. The summed E-state index contributed by atoms with van der Waals surface area (Å²) >= 11 is 1.71. The van der Waals surface area contributed by atoms with Gasteiger partial charge in [0.2, 0.25) is 0 Å². The lowest BCUT2D eigenvalue weighted by Crippen LogP contribution is -2.40. The second kappa shape index (κ2) is 33.9. The van der Waals surface area contributed by atoms with Gasteiger partial charge in [-0.2, -0.15) is 20.4 Å². The van der Waals surface area contributed by atoms with E-state index in [2.05, 4.69) is 107 Å². The number of aliphatic hydroxyl groups excluding tert-OH is 4.